The first-order chi connectivity index (χ1) is 5.91. The Balaban J connectivity index is 3.62. The lowest BCUT2D eigenvalue weighted by Crippen LogP contribution is -1.51. The zero-order valence-corrected chi connectivity index (χ0v) is 7.48. The Kier molecular flexibility index (Phi) is 8.65. The van der Waals surface area contributed by atoms with Crippen molar-refractivity contribution in [2.24, 2.45) is 0 Å². The summed E-state index contributed by atoms with van der Waals surface area (Å²) in [4.78, 5) is 0. The topological polar surface area (TPSA) is 0 Å². The molecule has 0 heterocycles. The van der Waals surface area contributed by atoms with Crippen LogP contribution >= 0.6 is 0 Å². The molecule has 0 aliphatic carbocycles. The van der Waals surface area contributed by atoms with Crippen molar-refractivity contribution in [3.63, 3.8) is 0 Å². The summed E-state index contributed by atoms with van der Waals surface area (Å²) in [5.74, 6) is 0. The van der Waals surface area contributed by atoms with Gasteiger partial charge in [0, 0.05) is 0 Å². The molecule has 0 aromatic rings. The SMILES string of the molecule is [CH2]C=CC=CC=CC=CC=CC. The van der Waals surface area contributed by atoms with Crippen LogP contribution in [0.1, 0.15) is 6.92 Å². The normalized spacial score (nSPS) is 13.8. The fraction of sp³-hybridized carbons (Fsp3) is 0.0833. The third kappa shape index (κ3) is 8.70. The lowest BCUT2D eigenvalue weighted by molar-refractivity contribution is 1.73. The lowest BCUT2D eigenvalue weighted by atomic mass is 10.4. The third-order valence-corrected chi connectivity index (χ3v) is 1.11. The van der Waals surface area contributed by atoms with E-state index in [4.69, 9.17) is 0 Å². The van der Waals surface area contributed by atoms with E-state index in [0.29, 0.717) is 0 Å². The Morgan fingerprint density at radius 2 is 1.08 bits per heavy atom. The largest absolute Gasteiger partial charge is 0.0877 e. The molecule has 0 N–H and O–H groups in total. The minimum absolute atomic E-state index is 1.75. The van der Waals surface area contributed by atoms with Crippen molar-refractivity contribution in [2.45, 2.75) is 6.92 Å². The van der Waals surface area contributed by atoms with E-state index in [0.717, 1.165) is 0 Å². The smallest absolute Gasteiger partial charge is 0.0313 e. The van der Waals surface area contributed by atoms with E-state index < -0.39 is 0 Å². The molecular weight excluding hydrogens is 144 g/mol. The summed E-state index contributed by atoms with van der Waals surface area (Å²) in [6, 6.07) is 0. The molecule has 63 valence electrons. The molecule has 0 fully saturated rings. The molecule has 0 aromatic carbocycles. The summed E-state index contributed by atoms with van der Waals surface area (Å²) >= 11 is 0. The van der Waals surface area contributed by atoms with E-state index in [1.165, 1.54) is 0 Å². The van der Waals surface area contributed by atoms with Crippen LogP contribution in [0.15, 0.2) is 60.8 Å². The van der Waals surface area contributed by atoms with Gasteiger partial charge in [0.25, 0.3) is 0 Å². The molecule has 0 aromatic heterocycles. The molecule has 0 unspecified atom stereocenters. The second-order valence-corrected chi connectivity index (χ2v) is 2.11. The molecule has 12 heavy (non-hydrogen) atoms. The monoisotopic (exact) mass is 159 g/mol. The van der Waals surface area contributed by atoms with Crippen LogP contribution in [0.5, 0.6) is 0 Å². The first-order valence-electron chi connectivity index (χ1n) is 3.99. The van der Waals surface area contributed by atoms with Crippen molar-refractivity contribution >= 4 is 0 Å². The van der Waals surface area contributed by atoms with Gasteiger partial charge in [-0.25, -0.2) is 0 Å². The van der Waals surface area contributed by atoms with Crippen molar-refractivity contribution in [3.8, 4) is 0 Å². The van der Waals surface area contributed by atoms with Crippen LogP contribution in [-0.2, 0) is 0 Å². The molecule has 0 atom stereocenters. The van der Waals surface area contributed by atoms with Crippen LogP contribution in [0.2, 0.25) is 0 Å². The zero-order chi connectivity index (χ0) is 9.07. The van der Waals surface area contributed by atoms with Gasteiger partial charge in [-0.2, -0.15) is 0 Å². The van der Waals surface area contributed by atoms with Gasteiger partial charge in [0.05, 0.1) is 0 Å². The molecule has 0 rings (SSSR count). The van der Waals surface area contributed by atoms with Crippen LogP contribution in [0.4, 0.5) is 0 Å². The molecule has 0 heteroatoms. The Bertz CT molecular complexity index is 188. The highest BCUT2D eigenvalue weighted by atomic mass is 13.7. The highest BCUT2D eigenvalue weighted by molar-refractivity contribution is 5.17. The van der Waals surface area contributed by atoms with Gasteiger partial charge in [-0.05, 0) is 13.8 Å². The number of hydrogen-bond donors (Lipinski definition) is 0. The van der Waals surface area contributed by atoms with Crippen LogP contribution in [0.3, 0.4) is 0 Å². The summed E-state index contributed by atoms with van der Waals surface area (Å²) in [6.45, 7) is 5.56. The predicted octanol–water partition coefficient (Wildman–Crippen LogP) is 3.62. The maximum Gasteiger partial charge on any atom is -0.0313 e. The molecule has 0 nitrogen and oxygen atoms in total. The van der Waals surface area contributed by atoms with E-state index >= 15 is 0 Å². The zero-order valence-electron chi connectivity index (χ0n) is 7.48. The quantitative estimate of drug-likeness (QED) is 0.549. The van der Waals surface area contributed by atoms with Crippen LogP contribution < -0.4 is 0 Å². The maximum atomic E-state index is 3.56. The van der Waals surface area contributed by atoms with Crippen molar-refractivity contribution in [2.75, 3.05) is 0 Å². The second kappa shape index (κ2) is 9.70. The number of hydrogen-bond acceptors (Lipinski definition) is 0. The Morgan fingerprint density at radius 3 is 1.50 bits per heavy atom. The summed E-state index contributed by atoms with van der Waals surface area (Å²) in [5.41, 5.74) is 0. The molecular formula is C12H15. The lowest BCUT2D eigenvalue weighted by Gasteiger charge is -1.72. The molecule has 0 saturated heterocycles. The standard InChI is InChI=1S/C12H15/c1-3-5-7-9-11-12-10-8-6-4-2/h3-12H,1H2,2H3. The third-order valence-electron chi connectivity index (χ3n) is 1.11. The average molecular weight is 159 g/mol. The highest BCUT2D eigenvalue weighted by Gasteiger charge is 1.60. The van der Waals surface area contributed by atoms with E-state index in [-0.39, 0.29) is 0 Å². The molecule has 1 radical (unpaired) electrons. The van der Waals surface area contributed by atoms with E-state index in [1.54, 1.807) is 6.08 Å². The van der Waals surface area contributed by atoms with Gasteiger partial charge in [0.15, 0.2) is 0 Å². The summed E-state index contributed by atoms with van der Waals surface area (Å²) in [7, 11) is 0. The Labute approximate surface area is 75.3 Å². The molecule has 0 bridgehead atoms. The minimum atomic E-state index is 1.75. The first kappa shape index (κ1) is 10.7. The van der Waals surface area contributed by atoms with Crippen molar-refractivity contribution in [3.05, 3.63) is 67.7 Å². The van der Waals surface area contributed by atoms with Gasteiger partial charge in [-0.3, -0.25) is 0 Å². The van der Waals surface area contributed by atoms with E-state index in [9.17, 15) is 0 Å². The second-order valence-electron chi connectivity index (χ2n) is 2.11. The van der Waals surface area contributed by atoms with Gasteiger partial charge in [-0.15, -0.1) is 0 Å². The molecule has 0 aliphatic rings. The minimum Gasteiger partial charge on any atom is -0.0877 e. The van der Waals surface area contributed by atoms with Crippen molar-refractivity contribution in [1.82, 2.24) is 0 Å². The number of rotatable bonds is 4. The molecule has 0 aliphatic heterocycles. The summed E-state index contributed by atoms with van der Waals surface area (Å²) in [5, 5.41) is 0. The average Bonchev–Trinajstić information content (AvgIpc) is 2.10. The van der Waals surface area contributed by atoms with Gasteiger partial charge in [-0.1, -0.05) is 60.8 Å². The van der Waals surface area contributed by atoms with Crippen LogP contribution in [0, 0.1) is 6.92 Å². The molecule has 0 amide bonds. The van der Waals surface area contributed by atoms with Gasteiger partial charge >= 0.3 is 0 Å². The number of allylic oxidation sites excluding steroid dienone is 10. The van der Waals surface area contributed by atoms with Crippen LogP contribution in [-0.4, -0.2) is 0 Å². The first-order valence-corrected chi connectivity index (χ1v) is 3.99. The summed E-state index contributed by atoms with van der Waals surface area (Å²) < 4.78 is 0. The fourth-order valence-corrected chi connectivity index (χ4v) is 0.575. The van der Waals surface area contributed by atoms with Gasteiger partial charge in [0.2, 0.25) is 0 Å². The predicted molar refractivity (Wildman–Crippen MR) is 56.7 cm³/mol. The van der Waals surface area contributed by atoms with Crippen LogP contribution in [0.25, 0.3) is 0 Å². The van der Waals surface area contributed by atoms with Gasteiger partial charge < -0.3 is 0 Å². The molecule has 0 saturated carbocycles. The highest BCUT2D eigenvalue weighted by Crippen LogP contribution is 1.82. The van der Waals surface area contributed by atoms with Crippen molar-refractivity contribution < 1.29 is 0 Å². The summed E-state index contributed by atoms with van der Waals surface area (Å²) in [6.07, 6.45) is 19.4. The van der Waals surface area contributed by atoms with E-state index in [1.807, 2.05) is 61.6 Å². The molecule has 0 spiro atoms. The fourth-order valence-electron chi connectivity index (χ4n) is 0.575. The maximum absolute atomic E-state index is 3.56. The van der Waals surface area contributed by atoms with Gasteiger partial charge in [0.1, 0.15) is 0 Å². The Hall–Kier alpha value is -1.30. The Morgan fingerprint density at radius 1 is 0.667 bits per heavy atom. The van der Waals surface area contributed by atoms with E-state index in [2.05, 4.69) is 6.92 Å². The van der Waals surface area contributed by atoms with Crippen molar-refractivity contribution in [1.29, 1.82) is 0 Å².